The van der Waals surface area contributed by atoms with Gasteiger partial charge in [0.05, 0.1) is 0 Å². The van der Waals surface area contributed by atoms with Gasteiger partial charge in [-0.1, -0.05) is 22.0 Å². The zero-order valence-corrected chi connectivity index (χ0v) is 14.7. The number of hydrogen-bond acceptors (Lipinski definition) is 3. The van der Waals surface area contributed by atoms with Crippen molar-refractivity contribution in [3.8, 4) is 5.75 Å². The van der Waals surface area contributed by atoms with Crippen LogP contribution in [0.5, 0.6) is 5.75 Å². The molecule has 0 unspecified atom stereocenters. The average molecular weight is 355 g/mol. The smallest absolute Gasteiger partial charge is 0.120 e. The maximum Gasteiger partial charge on any atom is 0.120 e. The van der Waals surface area contributed by atoms with Crippen LogP contribution in [0.2, 0.25) is 0 Å². The van der Waals surface area contributed by atoms with Crippen LogP contribution in [0.4, 0.5) is 0 Å². The van der Waals surface area contributed by atoms with E-state index in [4.69, 9.17) is 4.74 Å². The number of nitrogens with one attached hydrogen (secondary N) is 1. The van der Waals surface area contributed by atoms with Crippen LogP contribution in [-0.2, 0) is 0 Å². The molecule has 21 heavy (non-hydrogen) atoms. The number of rotatable bonds is 7. The average Bonchev–Trinajstić information content (AvgIpc) is 2.47. The summed E-state index contributed by atoms with van der Waals surface area (Å²) in [4.78, 5) is 2.55. The molecule has 0 aromatic heterocycles. The molecule has 3 nitrogen and oxygen atoms in total. The molecule has 0 aliphatic carbocycles. The highest BCUT2D eigenvalue weighted by Gasteiger charge is 2.18. The Morgan fingerprint density at radius 2 is 2.10 bits per heavy atom. The van der Waals surface area contributed by atoms with Gasteiger partial charge in [0.25, 0.3) is 0 Å². The first kappa shape index (κ1) is 16.8. The lowest BCUT2D eigenvalue weighted by Gasteiger charge is -2.32. The molecule has 0 radical (unpaired) electrons. The summed E-state index contributed by atoms with van der Waals surface area (Å²) >= 11 is 3.48. The maximum absolute atomic E-state index is 5.87. The maximum atomic E-state index is 5.87. The molecule has 0 bridgehead atoms. The summed E-state index contributed by atoms with van der Waals surface area (Å²) in [6.07, 6.45) is 2.60. The molecular weight excluding hydrogens is 328 g/mol. The van der Waals surface area contributed by atoms with Crippen LogP contribution in [0, 0.1) is 5.92 Å². The Morgan fingerprint density at radius 3 is 2.76 bits per heavy atom. The van der Waals surface area contributed by atoms with E-state index in [1.807, 2.05) is 24.3 Å². The predicted octanol–water partition coefficient (Wildman–Crippen LogP) is 3.54. The largest absolute Gasteiger partial charge is 0.492 e. The normalized spacial score (nSPS) is 16.6. The molecule has 1 heterocycles. The topological polar surface area (TPSA) is 24.5 Å². The van der Waals surface area contributed by atoms with Gasteiger partial charge in [-0.05, 0) is 63.9 Å². The molecule has 1 fully saturated rings. The van der Waals surface area contributed by atoms with Gasteiger partial charge in [0, 0.05) is 23.6 Å². The van der Waals surface area contributed by atoms with Gasteiger partial charge in [-0.25, -0.2) is 0 Å². The monoisotopic (exact) mass is 354 g/mol. The first-order chi connectivity index (χ1) is 10.1. The molecule has 1 aliphatic rings. The van der Waals surface area contributed by atoms with Gasteiger partial charge in [0.2, 0.25) is 0 Å². The van der Waals surface area contributed by atoms with E-state index in [0.717, 1.165) is 29.3 Å². The van der Waals surface area contributed by atoms with E-state index in [1.165, 1.54) is 32.5 Å². The predicted molar refractivity (Wildman–Crippen MR) is 91.9 cm³/mol. The highest BCUT2D eigenvalue weighted by molar-refractivity contribution is 9.10. The fourth-order valence-corrected chi connectivity index (χ4v) is 3.17. The Balaban J connectivity index is 1.77. The Bertz CT molecular complexity index is 419. The quantitative estimate of drug-likeness (QED) is 0.810. The molecule has 0 spiro atoms. The standard InChI is InChI=1S/C17H27BrN2O/c1-14(2)20(13-15-6-8-19-9-7-15)10-11-21-17-5-3-4-16(18)12-17/h3-5,12,14-15,19H,6-11,13H2,1-2H3. The molecule has 1 aliphatic heterocycles. The number of nitrogens with zero attached hydrogens (tertiary/aromatic N) is 1. The minimum Gasteiger partial charge on any atom is -0.492 e. The van der Waals surface area contributed by atoms with E-state index < -0.39 is 0 Å². The summed E-state index contributed by atoms with van der Waals surface area (Å²) in [7, 11) is 0. The molecule has 1 aromatic carbocycles. The van der Waals surface area contributed by atoms with E-state index >= 15 is 0 Å². The Hall–Kier alpha value is -0.580. The summed E-state index contributed by atoms with van der Waals surface area (Å²) in [5, 5.41) is 3.44. The zero-order chi connectivity index (χ0) is 15.1. The fourth-order valence-electron chi connectivity index (χ4n) is 2.79. The van der Waals surface area contributed by atoms with Crippen molar-refractivity contribution in [2.75, 3.05) is 32.8 Å². The van der Waals surface area contributed by atoms with E-state index in [2.05, 4.69) is 40.0 Å². The second-order valence-corrected chi connectivity index (χ2v) is 7.00. The Morgan fingerprint density at radius 1 is 1.33 bits per heavy atom. The molecule has 118 valence electrons. The molecule has 0 amide bonds. The summed E-state index contributed by atoms with van der Waals surface area (Å²) in [5.41, 5.74) is 0. The number of piperidine rings is 1. The molecule has 0 atom stereocenters. The van der Waals surface area contributed by atoms with Gasteiger partial charge in [-0.2, -0.15) is 0 Å². The van der Waals surface area contributed by atoms with Crippen molar-refractivity contribution in [3.05, 3.63) is 28.7 Å². The molecular formula is C17H27BrN2O. The minimum atomic E-state index is 0.575. The summed E-state index contributed by atoms with van der Waals surface area (Å²) in [6, 6.07) is 8.63. The van der Waals surface area contributed by atoms with E-state index in [1.54, 1.807) is 0 Å². The van der Waals surface area contributed by atoms with E-state index in [-0.39, 0.29) is 0 Å². The number of benzene rings is 1. The molecule has 4 heteroatoms. The lowest BCUT2D eigenvalue weighted by Crippen LogP contribution is -2.41. The lowest BCUT2D eigenvalue weighted by atomic mass is 9.97. The van der Waals surface area contributed by atoms with E-state index in [9.17, 15) is 0 Å². The van der Waals surface area contributed by atoms with E-state index in [0.29, 0.717) is 6.04 Å². The second kappa shape index (κ2) is 8.76. The molecule has 0 saturated carbocycles. The van der Waals surface area contributed by atoms with Crippen LogP contribution in [0.1, 0.15) is 26.7 Å². The van der Waals surface area contributed by atoms with Gasteiger partial charge in [-0.15, -0.1) is 0 Å². The summed E-state index contributed by atoms with van der Waals surface area (Å²) in [6.45, 7) is 9.84. The summed E-state index contributed by atoms with van der Waals surface area (Å²) in [5.74, 6) is 1.77. The van der Waals surface area contributed by atoms with Crippen molar-refractivity contribution in [2.45, 2.75) is 32.7 Å². The van der Waals surface area contributed by atoms with Crippen molar-refractivity contribution in [2.24, 2.45) is 5.92 Å². The number of hydrogen-bond donors (Lipinski definition) is 1. The van der Waals surface area contributed by atoms with Crippen molar-refractivity contribution in [1.82, 2.24) is 10.2 Å². The van der Waals surface area contributed by atoms with Crippen molar-refractivity contribution in [1.29, 1.82) is 0 Å². The van der Waals surface area contributed by atoms with Crippen LogP contribution < -0.4 is 10.1 Å². The van der Waals surface area contributed by atoms with Crippen LogP contribution >= 0.6 is 15.9 Å². The summed E-state index contributed by atoms with van der Waals surface area (Å²) < 4.78 is 6.94. The number of halogens is 1. The minimum absolute atomic E-state index is 0.575. The fraction of sp³-hybridized carbons (Fsp3) is 0.647. The SMILES string of the molecule is CC(C)N(CCOc1cccc(Br)c1)CC1CCNCC1. The number of ether oxygens (including phenoxy) is 1. The van der Waals surface area contributed by atoms with Gasteiger partial charge >= 0.3 is 0 Å². The zero-order valence-electron chi connectivity index (χ0n) is 13.1. The third kappa shape index (κ3) is 5.97. The third-order valence-electron chi connectivity index (χ3n) is 4.13. The molecule has 1 saturated heterocycles. The van der Waals surface area contributed by atoms with Gasteiger partial charge < -0.3 is 10.1 Å². The van der Waals surface area contributed by atoms with Crippen molar-refractivity contribution in [3.63, 3.8) is 0 Å². The van der Waals surface area contributed by atoms with Crippen molar-refractivity contribution < 1.29 is 4.74 Å². The van der Waals surface area contributed by atoms with Gasteiger partial charge in [0.1, 0.15) is 12.4 Å². The Kier molecular flexibility index (Phi) is 7.00. The van der Waals surface area contributed by atoms with Gasteiger partial charge in [-0.3, -0.25) is 4.90 Å². The lowest BCUT2D eigenvalue weighted by molar-refractivity contribution is 0.141. The van der Waals surface area contributed by atoms with Crippen molar-refractivity contribution >= 4 is 15.9 Å². The van der Waals surface area contributed by atoms with Crippen LogP contribution in [0.25, 0.3) is 0 Å². The second-order valence-electron chi connectivity index (χ2n) is 6.09. The third-order valence-corrected chi connectivity index (χ3v) is 4.62. The van der Waals surface area contributed by atoms with Crippen LogP contribution in [-0.4, -0.2) is 43.7 Å². The Labute approximate surface area is 137 Å². The molecule has 1 aromatic rings. The highest BCUT2D eigenvalue weighted by atomic mass is 79.9. The first-order valence-electron chi connectivity index (χ1n) is 7.98. The molecule has 2 rings (SSSR count). The molecule has 1 N–H and O–H groups in total. The van der Waals surface area contributed by atoms with Gasteiger partial charge in [0.15, 0.2) is 0 Å². The first-order valence-corrected chi connectivity index (χ1v) is 8.77. The van der Waals surface area contributed by atoms with Crippen LogP contribution in [0.3, 0.4) is 0 Å². The van der Waals surface area contributed by atoms with Crippen LogP contribution in [0.15, 0.2) is 28.7 Å². The highest BCUT2D eigenvalue weighted by Crippen LogP contribution is 2.18.